The Labute approximate surface area is 194 Å². The second-order valence-corrected chi connectivity index (χ2v) is 8.80. The van der Waals surface area contributed by atoms with E-state index in [9.17, 15) is 19.2 Å². The number of rotatable bonds is 10. The van der Waals surface area contributed by atoms with E-state index in [1.165, 1.54) is 0 Å². The minimum absolute atomic E-state index is 0.0296. The van der Waals surface area contributed by atoms with Crippen molar-refractivity contribution in [2.75, 3.05) is 7.11 Å². The highest BCUT2D eigenvalue weighted by Gasteiger charge is 2.38. The molecule has 0 saturated heterocycles. The number of hydrogen-bond donors (Lipinski definition) is 1. The number of alkyl carbamates (subject to hydrolysis) is 1. The molecule has 0 aliphatic rings. The molecule has 2 rings (SSSR count). The van der Waals surface area contributed by atoms with Crippen molar-refractivity contribution in [3.05, 3.63) is 71.8 Å². The molecule has 0 spiro atoms. The molecule has 2 aromatic rings. The van der Waals surface area contributed by atoms with Crippen LogP contribution in [-0.2, 0) is 36.9 Å². The minimum atomic E-state index is -1.33. The van der Waals surface area contributed by atoms with E-state index in [4.69, 9.17) is 9.47 Å². The predicted molar refractivity (Wildman–Crippen MR) is 123 cm³/mol. The third kappa shape index (κ3) is 8.18. The molecule has 1 N–H and O–H groups in total. The summed E-state index contributed by atoms with van der Waals surface area (Å²) in [5, 5.41) is 2.58. The maximum atomic E-state index is 13.4. The number of carbonyl (C=O) groups is 4. The molecule has 0 bridgehead atoms. The molecule has 0 aliphatic heterocycles. The van der Waals surface area contributed by atoms with E-state index in [-0.39, 0.29) is 25.2 Å². The molecule has 0 heterocycles. The largest absolute Gasteiger partial charge is 0.468 e. The summed E-state index contributed by atoms with van der Waals surface area (Å²) in [4.78, 5) is 50.9. The number of methoxy groups -OCH3 is 1. The Hall–Kier alpha value is -3.48. The molecule has 2 atom stereocenters. The number of Topliss-reactive ketones (excluding diaryl/α,β-unsaturated/α-hetero) is 2. The summed E-state index contributed by atoms with van der Waals surface area (Å²) in [6.07, 6.45) is -0.961. The zero-order chi connectivity index (χ0) is 24.4. The summed E-state index contributed by atoms with van der Waals surface area (Å²) < 4.78 is 10.1. The molecule has 7 heteroatoms. The zero-order valence-corrected chi connectivity index (χ0v) is 19.5. The Morgan fingerprint density at radius 1 is 0.879 bits per heavy atom. The van der Waals surface area contributed by atoms with Crippen LogP contribution in [0, 0.1) is 11.3 Å². The van der Waals surface area contributed by atoms with Gasteiger partial charge in [0.2, 0.25) is 0 Å². The normalized spacial score (nSPS) is 12.8. The Bertz CT molecular complexity index is 950. The van der Waals surface area contributed by atoms with Gasteiger partial charge in [0.1, 0.15) is 18.3 Å². The first-order valence-electron chi connectivity index (χ1n) is 10.8. The second-order valence-electron chi connectivity index (χ2n) is 8.80. The third-order valence-electron chi connectivity index (χ3n) is 5.19. The van der Waals surface area contributed by atoms with E-state index in [0.29, 0.717) is 0 Å². The molecule has 7 nitrogen and oxygen atoms in total. The lowest BCUT2D eigenvalue weighted by atomic mass is 9.82. The number of ketones is 2. The van der Waals surface area contributed by atoms with Crippen molar-refractivity contribution in [2.24, 2.45) is 11.3 Å². The first kappa shape index (κ1) is 25.8. The molecular weight excluding hydrogens is 422 g/mol. The number of hydrogen-bond acceptors (Lipinski definition) is 6. The summed E-state index contributed by atoms with van der Waals surface area (Å²) in [6, 6.07) is 17.1. The van der Waals surface area contributed by atoms with E-state index in [0.717, 1.165) is 18.2 Å². The number of nitrogens with one attached hydrogen (secondary N) is 1. The molecular formula is C26H31NO6. The van der Waals surface area contributed by atoms with Gasteiger partial charge in [-0.3, -0.25) is 14.4 Å². The van der Waals surface area contributed by atoms with Crippen molar-refractivity contribution < 1.29 is 28.7 Å². The number of benzene rings is 2. The summed E-state index contributed by atoms with van der Waals surface area (Å²) >= 11 is 0. The SMILES string of the molecule is COC(=O)C(CC(=O)C(C)(C)C)C(=O)[C@H](Cc1ccccc1)NC(=O)OCc1ccccc1. The van der Waals surface area contributed by atoms with Gasteiger partial charge in [0.15, 0.2) is 5.78 Å². The summed E-state index contributed by atoms with van der Waals surface area (Å²) in [5.74, 6) is -2.99. The van der Waals surface area contributed by atoms with Crippen LogP contribution in [0.15, 0.2) is 60.7 Å². The molecule has 1 unspecified atom stereocenters. The Kier molecular flexibility index (Phi) is 9.33. The number of esters is 1. The number of carbonyl (C=O) groups excluding carboxylic acids is 4. The first-order chi connectivity index (χ1) is 15.6. The Morgan fingerprint density at radius 3 is 1.94 bits per heavy atom. The van der Waals surface area contributed by atoms with Gasteiger partial charge >= 0.3 is 12.1 Å². The lowest BCUT2D eigenvalue weighted by Crippen LogP contribution is -2.48. The molecule has 1 amide bonds. The van der Waals surface area contributed by atoms with Crippen molar-refractivity contribution >= 4 is 23.6 Å². The fraction of sp³-hybridized carbons (Fsp3) is 0.385. The highest BCUT2D eigenvalue weighted by molar-refractivity contribution is 6.06. The maximum absolute atomic E-state index is 13.4. The van der Waals surface area contributed by atoms with Crippen LogP contribution in [0.2, 0.25) is 0 Å². The van der Waals surface area contributed by atoms with Crippen molar-refractivity contribution in [3.63, 3.8) is 0 Å². The van der Waals surface area contributed by atoms with E-state index < -0.39 is 35.2 Å². The highest BCUT2D eigenvalue weighted by Crippen LogP contribution is 2.23. The predicted octanol–water partition coefficient (Wildman–Crippen LogP) is 3.89. The molecule has 176 valence electrons. The quantitative estimate of drug-likeness (QED) is 0.433. The monoisotopic (exact) mass is 453 g/mol. The second kappa shape index (κ2) is 11.9. The lowest BCUT2D eigenvalue weighted by Gasteiger charge is -2.24. The van der Waals surface area contributed by atoms with Gasteiger partial charge in [-0.2, -0.15) is 0 Å². The van der Waals surface area contributed by atoms with Gasteiger partial charge in [0.25, 0.3) is 0 Å². The van der Waals surface area contributed by atoms with Crippen LogP contribution in [-0.4, -0.2) is 36.8 Å². The smallest absolute Gasteiger partial charge is 0.408 e. The van der Waals surface area contributed by atoms with Crippen LogP contribution < -0.4 is 5.32 Å². The minimum Gasteiger partial charge on any atom is -0.468 e. The van der Waals surface area contributed by atoms with Crippen LogP contribution in [0.3, 0.4) is 0 Å². The standard InChI is InChI=1S/C26H31NO6/c1-26(2,3)22(28)16-20(24(30)32-4)23(29)21(15-18-11-7-5-8-12-18)27-25(31)33-17-19-13-9-6-10-14-19/h5-14,20-21H,15-17H2,1-4H3,(H,27,31)/t20?,21-/m0/s1. The van der Waals surface area contributed by atoms with Gasteiger partial charge in [-0.25, -0.2) is 4.79 Å². The van der Waals surface area contributed by atoms with Gasteiger partial charge in [0, 0.05) is 11.8 Å². The molecule has 2 aromatic carbocycles. The Morgan fingerprint density at radius 2 is 1.42 bits per heavy atom. The van der Waals surface area contributed by atoms with E-state index in [2.05, 4.69) is 5.32 Å². The fourth-order valence-electron chi connectivity index (χ4n) is 3.16. The van der Waals surface area contributed by atoms with Crippen molar-refractivity contribution in [3.8, 4) is 0 Å². The average molecular weight is 454 g/mol. The van der Waals surface area contributed by atoms with Gasteiger partial charge in [-0.05, 0) is 17.5 Å². The van der Waals surface area contributed by atoms with E-state index >= 15 is 0 Å². The van der Waals surface area contributed by atoms with Gasteiger partial charge < -0.3 is 14.8 Å². The van der Waals surface area contributed by atoms with Crippen LogP contribution >= 0.6 is 0 Å². The summed E-state index contributed by atoms with van der Waals surface area (Å²) in [6.45, 7) is 5.18. The average Bonchev–Trinajstić information content (AvgIpc) is 2.80. The van der Waals surface area contributed by atoms with Crippen molar-refractivity contribution in [1.82, 2.24) is 5.32 Å². The lowest BCUT2D eigenvalue weighted by molar-refractivity contribution is -0.152. The molecule has 0 fully saturated rings. The highest BCUT2D eigenvalue weighted by atomic mass is 16.5. The van der Waals surface area contributed by atoms with Gasteiger partial charge in [-0.15, -0.1) is 0 Å². The Balaban J connectivity index is 2.21. The van der Waals surface area contributed by atoms with Gasteiger partial charge in [0.05, 0.1) is 13.2 Å². The molecule has 0 aliphatic carbocycles. The number of ether oxygens (including phenoxy) is 2. The van der Waals surface area contributed by atoms with Crippen molar-refractivity contribution in [1.29, 1.82) is 0 Å². The number of amides is 1. The van der Waals surface area contributed by atoms with E-state index in [1.807, 2.05) is 60.7 Å². The summed E-state index contributed by atoms with van der Waals surface area (Å²) in [5.41, 5.74) is 0.843. The summed E-state index contributed by atoms with van der Waals surface area (Å²) in [7, 11) is 1.16. The van der Waals surface area contributed by atoms with Crippen molar-refractivity contribution in [2.45, 2.75) is 46.3 Å². The zero-order valence-electron chi connectivity index (χ0n) is 19.5. The third-order valence-corrected chi connectivity index (χ3v) is 5.19. The molecule has 0 radical (unpaired) electrons. The van der Waals surface area contributed by atoms with E-state index in [1.54, 1.807) is 20.8 Å². The first-order valence-corrected chi connectivity index (χ1v) is 10.8. The van der Waals surface area contributed by atoms with Crippen LogP contribution in [0.5, 0.6) is 0 Å². The molecule has 0 saturated carbocycles. The molecule has 33 heavy (non-hydrogen) atoms. The topological polar surface area (TPSA) is 98.8 Å². The molecule has 0 aromatic heterocycles. The fourth-order valence-corrected chi connectivity index (χ4v) is 3.16. The van der Waals surface area contributed by atoms with Crippen LogP contribution in [0.4, 0.5) is 4.79 Å². The maximum Gasteiger partial charge on any atom is 0.408 e. The van der Waals surface area contributed by atoms with Gasteiger partial charge in [-0.1, -0.05) is 81.4 Å². The van der Waals surface area contributed by atoms with Crippen LogP contribution in [0.25, 0.3) is 0 Å². The van der Waals surface area contributed by atoms with Crippen LogP contribution in [0.1, 0.15) is 38.3 Å².